The van der Waals surface area contributed by atoms with Crippen molar-refractivity contribution >= 4 is 28.7 Å². The summed E-state index contributed by atoms with van der Waals surface area (Å²) in [6, 6.07) is 5.48. The van der Waals surface area contributed by atoms with Crippen molar-refractivity contribution in [2.75, 3.05) is 11.1 Å². The predicted octanol–water partition coefficient (Wildman–Crippen LogP) is 3.25. The van der Waals surface area contributed by atoms with E-state index in [-0.39, 0.29) is 5.91 Å². The van der Waals surface area contributed by atoms with Gasteiger partial charge < -0.3 is 11.1 Å². The molecule has 2 aromatic rings. The number of nitrogens with one attached hydrogen (secondary N) is 1. The smallest absolute Gasteiger partial charge is 0.266 e. The topological polar surface area (TPSA) is 68.0 Å². The lowest BCUT2D eigenvalue weighted by Gasteiger charge is -2.02. The molecule has 0 atom stereocenters. The molecule has 1 aliphatic carbocycles. The van der Waals surface area contributed by atoms with Crippen LogP contribution in [-0.4, -0.2) is 10.9 Å². The second-order valence-corrected chi connectivity index (χ2v) is 6.19. The Morgan fingerprint density at radius 3 is 2.90 bits per heavy atom. The average molecular weight is 287 g/mol. The summed E-state index contributed by atoms with van der Waals surface area (Å²) in [6.45, 7) is 0. The van der Waals surface area contributed by atoms with Crippen LogP contribution in [0.5, 0.6) is 0 Å². The number of nitrogens with two attached hydrogens (primary N) is 1. The van der Waals surface area contributed by atoms with Crippen molar-refractivity contribution in [3.63, 3.8) is 0 Å². The first-order chi connectivity index (χ1) is 9.72. The molecule has 0 unspecified atom stereocenters. The standard InChI is InChI=1S/C15H17N3OS/c16-11-6-7-14(17-9-11)18-15(19)13-8-10-4-2-1-3-5-12(10)20-13/h6-9H,1-5,16H2,(H,17,18,19). The van der Waals surface area contributed by atoms with Crippen molar-refractivity contribution in [2.24, 2.45) is 0 Å². The third kappa shape index (κ3) is 2.82. The first-order valence-corrected chi connectivity index (χ1v) is 7.68. The van der Waals surface area contributed by atoms with Gasteiger partial charge in [-0.1, -0.05) is 6.42 Å². The van der Waals surface area contributed by atoms with Gasteiger partial charge in [0.25, 0.3) is 5.91 Å². The van der Waals surface area contributed by atoms with E-state index in [9.17, 15) is 4.79 Å². The molecular weight excluding hydrogens is 270 g/mol. The molecule has 0 aromatic carbocycles. The van der Waals surface area contributed by atoms with Gasteiger partial charge in [-0.15, -0.1) is 11.3 Å². The van der Waals surface area contributed by atoms with Crippen LogP contribution >= 0.6 is 11.3 Å². The van der Waals surface area contributed by atoms with E-state index >= 15 is 0 Å². The maximum Gasteiger partial charge on any atom is 0.266 e. The van der Waals surface area contributed by atoms with Gasteiger partial charge in [0.05, 0.1) is 16.8 Å². The molecule has 20 heavy (non-hydrogen) atoms. The first-order valence-electron chi connectivity index (χ1n) is 6.87. The van der Waals surface area contributed by atoms with Gasteiger partial charge in [0.1, 0.15) is 5.82 Å². The molecule has 0 saturated heterocycles. The van der Waals surface area contributed by atoms with Gasteiger partial charge in [-0.2, -0.15) is 0 Å². The largest absolute Gasteiger partial charge is 0.397 e. The van der Waals surface area contributed by atoms with E-state index in [1.165, 1.54) is 29.7 Å². The molecule has 0 fully saturated rings. The van der Waals surface area contributed by atoms with Crippen LogP contribution in [0.2, 0.25) is 0 Å². The number of hydrogen-bond donors (Lipinski definition) is 2. The van der Waals surface area contributed by atoms with Crippen LogP contribution in [0.3, 0.4) is 0 Å². The minimum atomic E-state index is -0.0830. The number of aryl methyl sites for hydroxylation is 2. The molecule has 0 saturated carbocycles. The van der Waals surface area contributed by atoms with Crippen molar-refractivity contribution in [1.82, 2.24) is 4.98 Å². The highest BCUT2D eigenvalue weighted by Gasteiger charge is 2.16. The van der Waals surface area contributed by atoms with E-state index < -0.39 is 0 Å². The zero-order valence-corrected chi connectivity index (χ0v) is 12.0. The predicted molar refractivity (Wildman–Crippen MR) is 82.2 cm³/mol. The van der Waals surface area contributed by atoms with Crippen LogP contribution in [0.1, 0.15) is 39.4 Å². The maximum absolute atomic E-state index is 12.2. The Kier molecular flexibility index (Phi) is 3.69. The molecule has 3 N–H and O–H groups in total. The number of rotatable bonds is 2. The number of fused-ring (bicyclic) bond motifs is 1. The summed E-state index contributed by atoms with van der Waals surface area (Å²) in [5.74, 6) is 0.452. The van der Waals surface area contributed by atoms with E-state index in [1.807, 2.05) is 6.07 Å². The van der Waals surface area contributed by atoms with Gasteiger partial charge >= 0.3 is 0 Å². The molecule has 0 radical (unpaired) electrons. The fourth-order valence-corrected chi connectivity index (χ4v) is 3.59. The third-order valence-electron chi connectivity index (χ3n) is 3.50. The Bertz CT molecular complexity index is 595. The number of pyridine rings is 1. The van der Waals surface area contributed by atoms with E-state index in [2.05, 4.69) is 10.3 Å². The zero-order valence-electron chi connectivity index (χ0n) is 11.2. The molecular formula is C15H17N3OS. The van der Waals surface area contributed by atoms with Gasteiger partial charge in [-0.3, -0.25) is 4.79 Å². The highest BCUT2D eigenvalue weighted by atomic mass is 32.1. The summed E-state index contributed by atoms with van der Waals surface area (Å²) >= 11 is 1.61. The minimum absolute atomic E-state index is 0.0830. The number of thiophene rings is 1. The lowest BCUT2D eigenvalue weighted by molar-refractivity contribution is 0.103. The maximum atomic E-state index is 12.2. The Balaban J connectivity index is 1.75. The van der Waals surface area contributed by atoms with Crippen LogP contribution in [0.4, 0.5) is 11.5 Å². The Hall–Kier alpha value is -1.88. The molecule has 3 rings (SSSR count). The first kappa shape index (κ1) is 13.1. The number of hydrogen-bond acceptors (Lipinski definition) is 4. The van der Waals surface area contributed by atoms with E-state index in [4.69, 9.17) is 5.73 Å². The number of nitrogens with zero attached hydrogens (tertiary/aromatic N) is 1. The van der Waals surface area contributed by atoms with Gasteiger partial charge in [0.2, 0.25) is 0 Å². The minimum Gasteiger partial charge on any atom is -0.397 e. The molecule has 0 spiro atoms. The van der Waals surface area contributed by atoms with Gasteiger partial charge in [-0.05, 0) is 49.4 Å². The Morgan fingerprint density at radius 2 is 2.10 bits per heavy atom. The molecule has 0 bridgehead atoms. The van der Waals surface area contributed by atoms with Crippen LogP contribution in [0.25, 0.3) is 0 Å². The molecule has 2 heterocycles. The number of carbonyl (C=O) groups excluding carboxylic acids is 1. The van der Waals surface area contributed by atoms with E-state index in [1.54, 1.807) is 29.7 Å². The molecule has 5 heteroatoms. The lowest BCUT2D eigenvalue weighted by Crippen LogP contribution is -2.11. The van der Waals surface area contributed by atoms with E-state index in [0.717, 1.165) is 17.7 Å². The molecule has 0 aliphatic heterocycles. The van der Waals surface area contributed by atoms with Crippen LogP contribution in [0, 0.1) is 0 Å². The van der Waals surface area contributed by atoms with Crippen molar-refractivity contribution in [3.05, 3.63) is 39.7 Å². The quantitative estimate of drug-likeness (QED) is 0.833. The summed E-state index contributed by atoms with van der Waals surface area (Å²) < 4.78 is 0. The van der Waals surface area contributed by atoms with Gasteiger partial charge in [-0.25, -0.2) is 4.98 Å². The molecule has 2 aromatic heterocycles. The fourth-order valence-electron chi connectivity index (χ4n) is 2.44. The van der Waals surface area contributed by atoms with Crippen molar-refractivity contribution in [1.29, 1.82) is 0 Å². The lowest BCUT2D eigenvalue weighted by atomic mass is 10.1. The normalized spacial score (nSPS) is 14.4. The summed E-state index contributed by atoms with van der Waals surface area (Å²) in [7, 11) is 0. The van der Waals surface area contributed by atoms with E-state index in [0.29, 0.717) is 11.5 Å². The van der Waals surface area contributed by atoms with Crippen LogP contribution < -0.4 is 11.1 Å². The third-order valence-corrected chi connectivity index (χ3v) is 4.73. The molecule has 104 valence electrons. The van der Waals surface area contributed by atoms with Gasteiger partial charge in [0, 0.05) is 4.88 Å². The SMILES string of the molecule is Nc1ccc(NC(=O)c2cc3c(s2)CCCCC3)nc1. The second kappa shape index (κ2) is 5.63. The number of anilines is 2. The van der Waals surface area contributed by atoms with Gasteiger partial charge in [0.15, 0.2) is 0 Å². The monoisotopic (exact) mass is 287 g/mol. The number of aromatic nitrogens is 1. The highest BCUT2D eigenvalue weighted by molar-refractivity contribution is 7.14. The average Bonchev–Trinajstić information content (AvgIpc) is 2.73. The van der Waals surface area contributed by atoms with Crippen LogP contribution in [0.15, 0.2) is 24.4 Å². The zero-order chi connectivity index (χ0) is 13.9. The number of nitrogen functional groups attached to an aromatic ring is 1. The van der Waals surface area contributed by atoms with Crippen molar-refractivity contribution < 1.29 is 4.79 Å². The fraction of sp³-hybridized carbons (Fsp3) is 0.333. The number of carbonyl (C=O) groups is 1. The van der Waals surface area contributed by atoms with Crippen molar-refractivity contribution in [2.45, 2.75) is 32.1 Å². The summed E-state index contributed by atoms with van der Waals surface area (Å²) in [6.07, 6.45) is 7.49. The summed E-state index contributed by atoms with van der Waals surface area (Å²) in [5, 5.41) is 2.82. The summed E-state index contributed by atoms with van der Waals surface area (Å²) in [4.78, 5) is 18.5. The molecule has 1 aliphatic rings. The highest BCUT2D eigenvalue weighted by Crippen LogP contribution is 2.29. The molecule has 4 nitrogen and oxygen atoms in total. The Labute approximate surface area is 122 Å². The molecule has 1 amide bonds. The number of amides is 1. The van der Waals surface area contributed by atoms with Crippen LogP contribution in [-0.2, 0) is 12.8 Å². The van der Waals surface area contributed by atoms with Crippen molar-refractivity contribution in [3.8, 4) is 0 Å². The Morgan fingerprint density at radius 1 is 1.25 bits per heavy atom. The summed E-state index contributed by atoms with van der Waals surface area (Å²) in [5.41, 5.74) is 7.52. The second-order valence-electron chi connectivity index (χ2n) is 5.05.